The number of nitrogens with zero attached hydrogens (tertiary/aromatic N) is 3. The van der Waals surface area contributed by atoms with E-state index in [2.05, 4.69) is 44.9 Å². The van der Waals surface area contributed by atoms with Crippen molar-refractivity contribution in [2.75, 3.05) is 18.8 Å². The first-order valence-corrected chi connectivity index (χ1v) is 13.0. The van der Waals surface area contributed by atoms with Crippen LogP contribution in [-0.2, 0) is 4.79 Å². The second-order valence-corrected chi connectivity index (χ2v) is 10.8. The standard InChI is InChI=1S/C27H36N6O3/c1-27(2)23(33-22-24(28)31-15-32-26(22)36-27)19-9-7-18(8-10-19)17-5-3-16(4-6-17)11-12-29-25(35)21-13-20(34)14-30-21/h7-10,15-17,20-21,30,34H,3-6,11-14H2,1-2H3,(H,29,35)(H2,28,31,32)/t16?,17?,20-,21+/m1/s1. The summed E-state index contributed by atoms with van der Waals surface area (Å²) in [6, 6.07) is 8.42. The summed E-state index contributed by atoms with van der Waals surface area (Å²) in [5.74, 6) is 1.94. The lowest BCUT2D eigenvalue weighted by molar-refractivity contribution is -0.123. The fourth-order valence-corrected chi connectivity index (χ4v) is 5.64. The van der Waals surface area contributed by atoms with Crippen LogP contribution in [-0.4, -0.2) is 57.5 Å². The Bertz CT molecular complexity index is 1120. The highest BCUT2D eigenvalue weighted by molar-refractivity contribution is 6.09. The first kappa shape index (κ1) is 24.6. The number of nitrogen functional groups attached to an aromatic ring is 1. The molecule has 3 heterocycles. The van der Waals surface area contributed by atoms with Gasteiger partial charge in [0.05, 0.1) is 17.9 Å². The molecule has 2 aliphatic heterocycles. The lowest BCUT2D eigenvalue weighted by Gasteiger charge is -2.32. The van der Waals surface area contributed by atoms with Crippen LogP contribution in [0.1, 0.15) is 69.4 Å². The number of β-amino-alcohol motifs (C(OH)–C–C–N with tert-alkyl or cyclic N) is 1. The molecule has 1 aromatic heterocycles. The maximum atomic E-state index is 12.2. The largest absolute Gasteiger partial charge is 0.463 e. The minimum Gasteiger partial charge on any atom is -0.463 e. The first-order valence-electron chi connectivity index (χ1n) is 13.0. The smallest absolute Gasteiger partial charge is 0.246 e. The summed E-state index contributed by atoms with van der Waals surface area (Å²) in [6.45, 7) is 5.17. The van der Waals surface area contributed by atoms with Crippen LogP contribution in [0.3, 0.4) is 0 Å². The molecule has 2 fully saturated rings. The van der Waals surface area contributed by atoms with Gasteiger partial charge in [-0.2, -0.15) is 4.98 Å². The van der Waals surface area contributed by atoms with Gasteiger partial charge in [0.1, 0.15) is 11.9 Å². The van der Waals surface area contributed by atoms with E-state index in [1.165, 1.54) is 24.7 Å². The molecule has 5 rings (SSSR count). The molecule has 1 saturated heterocycles. The van der Waals surface area contributed by atoms with Gasteiger partial charge < -0.3 is 26.2 Å². The number of nitrogens with two attached hydrogens (primary N) is 1. The first-order chi connectivity index (χ1) is 17.3. The topological polar surface area (TPSA) is 135 Å². The number of aliphatic hydroxyl groups excluding tert-OH is 1. The fraction of sp³-hybridized carbons (Fsp3) is 0.556. The van der Waals surface area contributed by atoms with Crippen molar-refractivity contribution < 1.29 is 14.6 Å². The average molecular weight is 493 g/mol. The molecule has 0 bridgehead atoms. The number of rotatable bonds is 6. The normalized spacial score (nSPS) is 27.0. The Kier molecular flexibility index (Phi) is 6.94. The van der Waals surface area contributed by atoms with Crippen LogP contribution in [0.4, 0.5) is 11.5 Å². The van der Waals surface area contributed by atoms with Gasteiger partial charge in [-0.1, -0.05) is 24.3 Å². The number of carbonyl (C=O) groups excluding carboxylic acids is 1. The van der Waals surface area contributed by atoms with E-state index in [1.807, 2.05) is 13.8 Å². The van der Waals surface area contributed by atoms with Gasteiger partial charge in [0.2, 0.25) is 11.8 Å². The second-order valence-electron chi connectivity index (χ2n) is 10.8. The molecule has 9 nitrogen and oxygen atoms in total. The molecule has 1 aromatic carbocycles. The number of ether oxygens (including phenoxy) is 1. The summed E-state index contributed by atoms with van der Waals surface area (Å²) in [5.41, 5.74) is 9.05. The Morgan fingerprint density at radius 1 is 1.19 bits per heavy atom. The number of hydrogen-bond acceptors (Lipinski definition) is 8. The average Bonchev–Trinajstić information content (AvgIpc) is 3.30. The van der Waals surface area contributed by atoms with E-state index in [1.54, 1.807) is 0 Å². The van der Waals surface area contributed by atoms with E-state index in [0.717, 1.165) is 30.5 Å². The zero-order chi connectivity index (χ0) is 25.3. The number of anilines is 1. The van der Waals surface area contributed by atoms with Crippen molar-refractivity contribution in [3.05, 3.63) is 41.7 Å². The molecule has 0 spiro atoms. The number of aromatic nitrogens is 2. The molecule has 1 aliphatic carbocycles. The number of hydrogen-bond donors (Lipinski definition) is 4. The van der Waals surface area contributed by atoms with E-state index in [9.17, 15) is 9.90 Å². The quantitative estimate of drug-likeness (QED) is 0.487. The highest BCUT2D eigenvalue weighted by atomic mass is 16.5. The molecular formula is C27H36N6O3. The molecule has 5 N–H and O–H groups in total. The van der Waals surface area contributed by atoms with Crippen molar-refractivity contribution in [1.29, 1.82) is 0 Å². The number of carbonyl (C=O) groups is 1. The fourth-order valence-electron chi connectivity index (χ4n) is 5.64. The summed E-state index contributed by atoms with van der Waals surface area (Å²) in [7, 11) is 0. The molecule has 1 saturated carbocycles. The van der Waals surface area contributed by atoms with Crippen molar-refractivity contribution in [2.24, 2.45) is 10.9 Å². The third-order valence-electron chi connectivity index (χ3n) is 7.74. The van der Waals surface area contributed by atoms with Gasteiger partial charge in [0.15, 0.2) is 11.5 Å². The van der Waals surface area contributed by atoms with Gasteiger partial charge in [-0.25, -0.2) is 9.98 Å². The molecule has 192 valence electrons. The van der Waals surface area contributed by atoms with Crippen molar-refractivity contribution in [2.45, 2.75) is 76.0 Å². The zero-order valence-electron chi connectivity index (χ0n) is 21.0. The van der Waals surface area contributed by atoms with Crippen molar-refractivity contribution in [1.82, 2.24) is 20.6 Å². The summed E-state index contributed by atoms with van der Waals surface area (Å²) >= 11 is 0. The van der Waals surface area contributed by atoms with Crippen LogP contribution in [0.5, 0.6) is 5.88 Å². The number of fused-ring (bicyclic) bond motifs is 1. The molecule has 2 atom stereocenters. The molecule has 36 heavy (non-hydrogen) atoms. The SMILES string of the molecule is CC1(C)Oc2ncnc(N)c2N=C1c1ccc(C2CCC(CCNC(=O)[C@@H]3C[C@@H](O)CN3)CC2)cc1. The number of amides is 1. The Morgan fingerprint density at radius 2 is 1.94 bits per heavy atom. The van der Waals surface area contributed by atoms with Gasteiger partial charge >= 0.3 is 0 Å². The highest BCUT2D eigenvalue weighted by Gasteiger charge is 2.35. The monoisotopic (exact) mass is 492 g/mol. The van der Waals surface area contributed by atoms with E-state index in [0.29, 0.717) is 48.7 Å². The molecule has 3 aliphatic rings. The third-order valence-corrected chi connectivity index (χ3v) is 7.74. The van der Waals surface area contributed by atoms with Crippen molar-refractivity contribution in [3.63, 3.8) is 0 Å². The third kappa shape index (κ3) is 5.22. The maximum absolute atomic E-state index is 12.2. The molecule has 2 aromatic rings. The second kappa shape index (κ2) is 10.1. The summed E-state index contributed by atoms with van der Waals surface area (Å²) < 4.78 is 6.10. The van der Waals surface area contributed by atoms with E-state index in [-0.39, 0.29) is 11.9 Å². The van der Waals surface area contributed by atoms with E-state index < -0.39 is 11.7 Å². The number of aliphatic hydroxyl groups is 1. The lowest BCUT2D eigenvalue weighted by Crippen LogP contribution is -2.41. The summed E-state index contributed by atoms with van der Waals surface area (Å²) in [6.07, 6.45) is 7.16. The van der Waals surface area contributed by atoms with E-state index in [4.69, 9.17) is 15.5 Å². The van der Waals surface area contributed by atoms with Gasteiger partial charge in [-0.15, -0.1) is 0 Å². The van der Waals surface area contributed by atoms with Crippen LogP contribution in [0.2, 0.25) is 0 Å². The van der Waals surface area contributed by atoms with Crippen molar-refractivity contribution >= 4 is 23.1 Å². The molecule has 0 unspecified atom stereocenters. The van der Waals surface area contributed by atoms with Gasteiger partial charge in [-0.05, 0) is 69.8 Å². The Hall–Kier alpha value is -3.04. The number of aliphatic imine (C=N–C) groups is 1. The lowest BCUT2D eigenvalue weighted by atomic mass is 9.77. The van der Waals surface area contributed by atoms with Crippen LogP contribution in [0.15, 0.2) is 35.6 Å². The van der Waals surface area contributed by atoms with Crippen LogP contribution < -0.4 is 21.1 Å². The van der Waals surface area contributed by atoms with Gasteiger partial charge in [0, 0.05) is 18.7 Å². The molecule has 0 radical (unpaired) electrons. The Morgan fingerprint density at radius 3 is 2.64 bits per heavy atom. The number of benzene rings is 1. The summed E-state index contributed by atoms with van der Waals surface area (Å²) in [5, 5.41) is 15.7. The Balaban J connectivity index is 1.15. The summed E-state index contributed by atoms with van der Waals surface area (Å²) in [4.78, 5) is 25.2. The molecular weight excluding hydrogens is 456 g/mol. The molecule has 1 amide bonds. The predicted octanol–water partition coefficient (Wildman–Crippen LogP) is 2.85. The molecule has 9 heteroatoms. The minimum atomic E-state index is -0.629. The predicted molar refractivity (Wildman–Crippen MR) is 139 cm³/mol. The van der Waals surface area contributed by atoms with Crippen LogP contribution in [0, 0.1) is 5.92 Å². The van der Waals surface area contributed by atoms with Gasteiger partial charge in [-0.3, -0.25) is 4.79 Å². The number of nitrogens with one attached hydrogen (secondary N) is 2. The Labute approximate surface area is 212 Å². The minimum absolute atomic E-state index is 0.00942. The van der Waals surface area contributed by atoms with Crippen molar-refractivity contribution in [3.8, 4) is 5.88 Å². The van der Waals surface area contributed by atoms with E-state index >= 15 is 0 Å². The van der Waals surface area contributed by atoms with Crippen LogP contribution in [0.25, 0.3) is 0 Å². The zero-order valence-corrected chi connectivity index (χ0v) is 21.0. The van der Waals surface area contributed by atoms with Crippen LogP contribution >= 0.6 is 0 Å². The van der Waals surface area contributed by atoms with Gasteiger partial charge in [0.25, 0.3) is 0 Å². The maximum Gasteiger partial charge on any atom is 0.246 e. The highest BCUT2D eigenvalue weighted by Crippen LogP contribution is 2.40.